The number of hydrogen-bond donors (Lipinski definition) is 2. The second kappa shape index (κ2) is 7.76. The largest absolute Gasteiger partial charge is 0.322 e. The highest BCUT2D eigenvalue weighted by molar-refractivity contribution is 7.18. The van der Waals surface area contributed by atoms with E-state index in [0.29, 0.717) is 17.8 Å². The molecule has 26 heavy (non-hydrogen) atoms. The lowest BCUT2D eigenvalue weighted by molar-refractivity contribution is -0.902. The number of carbonyl (C=O) groups excluding carboxylic acids is 2. The van der Waals surface area contributed by atoms with Gasteiger partial charge in [0.15, 0.2) is 17.3 Å². The van der Waals surface area contributed by atoms with Crippen LogP contribution in [-0.4, -0.2) is 30.3 Å². The topological polar surface area (TPSA) is 63.5 Å². The van der Waals surface area contributed by atoms with Gasteiger partial charge in [0.1, 0.15) is 6.04 Å². The minimum Gasteiger partial charge on any atom is -0.322 e. The van der Waals surface area contributed by atoms with Crippen molar-refractivity contribution in [1.29, 1.82) is 0 Å². The van der Waals surface area contributed by atoms with Crippen LogP contribution in [0.3, 0.4) is 0 Å². The molecule has 0 aliphatic carbocycles. The van der Waals surface area contributed by atoms with E-state index in [-0.39, 0.29) is 17.7 Å². The predicted molar refractivity (Wildman–Crippen MR) is 105 cm³/mol. The van der Waals surface area contributed by atoms with Crippen LogP contribution < -0.4 is 10.2 Å². The Morgan fingerprint density at radius 1 is 1.19 bits per heavy atom. The van der Waals surface area contributed by atoms with Gasteiger partial charge in [-0.3, -0.25) is 9.59 Å². The lowest BCUT2D eigenvalue weighted by Gasteiger charge is -2.19. The van der Waals surface area contributed by atoms with Gasteiger partial charge in [-0.05, 0) is 38.1 Å². The van der Waals surface area contributed by atoms with Crippen LogP contribution in [0.4, 0.5) is 5.69 Å². The fourth-order valence-electron chi connectivity index (χ4n) is 2.71. The zero-order valence-electron chi connectivity index (χ0n) is 15.1. The quantitative estimate of drug-likeness (QED) is 0.658. The Kier molecular flexibility index (Phi) is 5.44. The molecule has 0 spiro atoms. The summed E-state index contributed by atoms with van der Waals surface area (Å²) in [7, 11) is 1.99. The second-order valence-electron chi connectivity index (χ2n) is 6.45. The maximum Gasteiger partial charge on any atom is 0.279 e. The van der Waals surface area contributed by atoms with Gasteiger partial charge in [0, 0.05) is 11.3 Å². The highest BCUT2D eigenvalue weighted by Gasteiger charge is 2.22. The van der Waals surface area contributed by atoms with E-state index in [4.69, 9.17) is 0 Å². The number of nitrogens with zero attached hydrogens (tertiary/aromatic N) is 1. The minimum absolute atomic E-state index is 0.0201. The van der Waals surface area contributed by atoms with E-state index < -0.39 is 0 Å². The number of nitrogens with one attached hydrogen (secondary N) is 2. The van der Waals surface area contributed by atoms with E-state index in [2.05, 4.69) is 23.3 Å². The monoisotopic (exact) mass is 368 g/mol. The Morgan fingerprint density at radius 2 is 1.96 bits per heavy atom. The van der Waals surface area contributed by atoms with Crippen molar-refractivity contribution in [3.8, 4) is 0 Å². The third-order valence-corrected chi connectivity index (χ3v) is 5.63. The second-order valence-corrected chi connectivity index (χ2v) is 7.51. The Labute approximate surface area is 156 Å². The summed E-state index contributed by atoms with van der Waals surface area (Å²) < 4.78 is 1.16. The molecule has 5 nitrogen and oxygen atoms in total. The third-order valence-electron chi connectivity index (χ3n) is 4.41. The number of Topliss-reactive ketones (excluding diaryl/α,β-unsaturated/α-hetero) is 1. The van der Waals surface area contributed by atoms with Crippen molar-refractivity contribution in [1.82, 2.24) is 4.98 Å². The molecule has 0 fully saturated rings. The Balaban J connectivity index is 1.64. The fraction of sp³-hybridized carbons (Fsp3) is 0.250. The smallest absolute Gasteiger partial charge is 0.279 e. The molecule has 2 aromatic carbocycles. The van der Waals surface area contributed by atoms with Crippen LogP contribution in [0, 0.1) is 0 Å². The summed E-state index contributed by atoms with van der Waals surface area (Å²) in [6.45, 7) is 3.91. The van der Waals surface area contributed by atoms with Gasteiger partial charge in [0.2, 0.25) is 0 Å². The molecule has 0 aliphatic rings. The van der Waals surface area contributed by atoms with E-state index in [1.165, 1.54) is 6.92 Å². The molecule has 2 N–H and O–H groups in total. The molecule has 0 aliphatic heterocycles. The van der Waals surface area contributed by atoms with Crippen molar-refractivity contribution >= 4 is 38.9 Å². The molecular formula is C20H22N3O2S+. The number of rotatable bonds is 6. The molecule has 0 radical (unpaired) electrons. The summed E-state index contributed by atoms with van der Waals surface area (Å²) in [5.41, 5.74) is 2.23. The lowest BCUT2D eigenvalue weighted by Crippen LogP contribution is -3.10. The van der Waals surface area contributed by atoms with Gasteiger partial charge in [-0.1, -0.05) is 24.3 Å². The summed E-state index contributed by atoms with van der Waals surface area (Å²) >= 11 is 1.67. The molecule has 1 heterocycles. The van der Waals surface area contributed by atoms with Crippen LogP contribution >= 0.6 is 11.3 Å². The number of likely N-dealkylation sites (N-methyl/N-ethyl adjacent to an activating group) is 1. The van der Waals surface area contributed by atoms with Gasteiger partial charge in [-0.25, -0.2) is 4.98 Å². The molecule has 1 unspecified atom stereocenters. The number of thiazole rings is 1. The van der Waals surface area contributed by atoms with Crippen LogP contribution in [0.1, 0.15) is 35.3 Å². The zero-order valence-corrected chi connectivity index (χ0v) is 15.9. The van der Waals surface area contributed by atoms with Crippen LogP contribution in [0.2, 0.25) is 0 Å². The number of anilines is 1. The number of amides is 1. The van der Waals surface area contributed by atoms with E-state index in [9.17, 15) is 9.59 Å². The molecule has 2 atom stereocenters. The van der Waals surface area contributed by atoms with Gasteiger partial charge in [0.05, 0.1) is 17.3 Å². The molecule has 0 saturated carbocycles. The summed E-state index contributed by atoms with van der Waals surface area (Å²) in [5, 5.41) is 3.90. The number of benzene rings is 2. The molecule has 0 bridgehead atoms. The molecule has 6 heteroatoms. The lowest BCUT2D eigenvalue weighted by atomic mass is 10.1. The molecular weight excluding hydrogens is 346 g/mol. The molecule has 0 saturated heterocycles. The third kappa shape index (κ3) is 4.15. The summed E-state index contributed by atoms with van der Waals surface area (Å²) in [5.74, 6) is -0.107. The van der Waals surface area contributed by atoms with Crippen molar-refractivity contribution in [2.24, 2.45) is 0 Å². The SMILES string of the molecule is CC(=O)c1cccc(NC(=O)C[NH+](C)[C@H](C)c2nc3ccccc3s2)c1. The first-order valence-electron chi connectivity index (χ1n) is 8.52. The predicted octanol–water partition coefficient (Wildman–Crippen LogP) is 2.71. The van der Waals surface area contributed by atoms with Gasteiger partial charge >= 0.3 is 0 Å². The molecule has 3 aromatic rings. The van der Waals surface area contributed by atoms with Crippen LogP contribution in [0.15, 0.2) is 48.5 Å². The number of quaternary nitrogens is 1. The minimum atomic E-state index is -0.0869. The number of aromatic nitrogens is 1. The number of para-hydroxylation sites is 1. The summed E-state index contributed by atoms with van der Waals surface area (Å²) in [4.78, 5) is 29.6. The average molecular weight is 368 g/mol. The standard InChI is InChI=1S/C20H21N3O2S/c1-13(20-22-17-9-4-5-10-18(17)26-20)23(3)12-19(25)21-16-8-6-7-15(11-16)14(2)24/h4-11,13H,12H2,1-3H3,(H,21,25)/p+1/t13-/m1/s1. The fourth-order valence-corrected chi connectivity index (χ4v) is 3.83. The number of fused-ring (bicyclic) bond motifs is 1. The van der Waals surface area contributed by atoms with Crippen molar-refractivity contribution in [3.63, 3.8) is 0 Å². The van der Waals surface area contributed by atoms with Crippen molar-refractivity contribution in [2.45, 2.75) is 19.9 Å². The van der Waals surface area contributed by atoms with Crippen molar-refractivity contribution in [3.05, 3.63) is 59.1 Å². The molecule has 1 amide bonds. The first kappa shape index (κ1) is 18.2. The van der Waals surface area contributed by atoms with Crippen molar-refractivity contribution in [2.75, 3.05) is 18.9 Å². The highest BCUT2D eigenvalue weighted by Crippen LogP contribution is 2.24. The van der Waals surface area contributed by atoms with Gasteiger partial charge < -0.3 is 10.2 Å². The maximum atomic E-state index is 12.4. The van der Waals surface area contributed by atoms with E-state index in [1.807, 2.05) is 25.2 Å². The Morgan fingerprint density at radius 3 is 2.69 bits per heavy atom. The van der Waals surface area contributed by atoms with Crippen LogP contribution in [0.25, 0.3) is 10.2 Å². The number of hydrogen-bond acceptors (Lipinski definition) is 4. The zero-order chi connectivity index (χ0) is 18.7. The van der Waals surface area contributed by atoms with Gasteiger partial charge in [-0.2, -0.15) is 0 Å². The normalized spacial score (nSPS) is 13.3. The molecule has 134 valence electrons. The first-order valence-corrected chi connectivity index (χ1v) is 9.34. The number of carbonyl (C=O) groups is 2. The highest BCUT2D eigenvalue weighted by atomic mass is 32.1. The average Bonchev–Trinajstić information content (AvgIpc) is 3.05. The number of ketones is 1. The maximum absolute atomic E-state index is 12.4. The Bertz CT molecular complexity index is 918. The van der Waals surface area contributed by atoms with E-state index in [0.717, 1.165) is 20.1 Å². The van der Waals surface area contributed by atoms with Gasteiger partial charge in [-0.15, -0.1) is 11.3 Å². The van der Waals surface area contributed by atoms with E-state index >= 15 is 0 Å². The van der Waals surface area contributed by atoms with E-state index in [1.54, 1.807) is 35.6 Å². The molecule has 3 rings (SSSR count). The van der Waals surface area contributed by atoms with Crippen LogP contribution in [-0.2, 0) is 4.79 Å². The Hall–Kier alpha value is -2.57. The van der Waals surface area contributed by atoms with Gasteiger partial charge in [0.25, 0.3) is 5.91 Å². The first-order chi connectivity index (χ1) is 12.4. The molecule has 1 aromatic heterocycles. The van der Waals surface area contributed by atoms with Crippen molar-refractivity contribution < 1.29 is 14.5 Å². The van der Waals surface area contributed by atoms with Crippen LogP contribution in [0.5, 0.6) is 0 Å². The summed E-state index contributed by atoms with van der Waals surface area (Å²) in [6, 6.07) is 15.2. The summed E-state index contributed by atoms with van der Waals surface area (Å²) in [6.07, 6.45) is 0.